The normalized spacial score (nSPS) is 12.3. The number of unbranched alkanes of at least 4 members (excludes halogenated alkanes) is 4. The first kappa shape index (κ1) is 23.2. The summed E-state index contributed by atoms with van der Waals surface area (Å²) in [6.45, 7) is 7.22. The molecule has 0 aliphatic carbocycles. The SMILES string of the molecule is CCCCCN(CCCCC)CC(O)c1c(Cl)ccc2ccccc12.Cl. The summed E-state index contributed by atoms with van der Waals surface area (Å²) in [4.78, 5) is 2.41. The van der Waals surface area contributed by atoms with E-state index in [0.29, 0.717) is 11.6 Å². The highest BCUT2D eigenvalue weighted by atomic mass is 35.5. The second-order valence-corrected chi connectivity index (χ2v) is 7.32. The van der Waals surface area contributed by atoms with E-state index >= 15 is 0 Å². The monoisotopic (exact) mass is 397 g/mol. The maximum atomic E-state index is 11.0. The third-order valence-electron chi connectivity index (χ3n) is 4.84. The van der Waals surface area contributed by atoms with Gasteiger partial charge >= 0.3 is 0 Å². The number of hydrogen-bond acceptors (Lipinski definition) is 2. The molecule has 0 spiro atoms. The summed E-state index contributed by atoms with van der Waals surface area (Å²) >= 11 is 6.46. The lowest BCUT2D eigenvalue weighted by Gasteiger charge is -2.26. The van der Waals surface area contributed by atoms with Crippen molar-refractivity contribution < 1.29 is 5.11 Å². The van der Waals surface area contributed by atoms with Crippen LogP contribution < -0.4 is 0 Å². The highest BCUT2D eigenvalue weighted by Crippen LogP contribution is 2.31. The minimum absolute atomic E-state index is 0. The number of fused-ring (bicyclic) bond motifs is 1. The number of benzene rings is 2. The Morgan fingerprint density at radius 2 is 1.54 bits per heavy atom. The van der Waals surface area contributed by atoms with Crippen molar-refractivity contribution in [1.82, 2.24) is 4.90 Å². The first-order valence-electron chi connectivity index (χ1n) is 9.75. The molecule has 0 amide bonds. The van der Waals surface area contributed by atoms with Gasteiger partial charge in [-0.25, -0.2) is 0 Å². The second-order valence-electron chi connectivity index (χ2n) is 6.91. The Morgan fingerprint density at radius 3 is 2.15 bits per heavy atom. The van der Waals surface area contributed by atoms with Gasteiger partial charge in [-0.1, -0.05) is 81.5 Å². The van der Waals surface area contributed by atoms with Crippen molar-refractivity contribution in [1.29, 1.82) is 0 Å². The Morgan fingerprint density at radius 1 is 0.923 bits per heavy atom. The molecule has 26 heavy (non-hydrogen) atoms. The van der Waals surface area contributed by atoms with Crippen LogP contribution in [0.3, 0.4) is 0 Å². The number of halogens is 2. The van der Waals surface area contributed by atoms with Gasteiger partial charge in [-0.15, -0.1) is 12.4 Å². The van der Waals surface area contributed by atoms with Gasteiger partial charge < -0.3 is 10.0 Å². The number of aliphatic hydroxyl groups excluding tert-OH is 1. The van der Waals surface area contributed by atoms with Crippen LogP contribution in [0.4, 0.5) is 0 Å². The second kappa shape index (κ2) is 12.6. The van der Waals surface area contributed by atoms with Crippen molar-refractivity contribution in [2.24, 2.45) is 0 Å². The minimum Gasteiger partial charge on any atom is -0.387 e. The zero-order valence-corrected chi connectivity index (χ0v) is 17.7. The molecule has 1 N–H and O–H groups in total. The molecular formula is C22H33Cl2NO. The maximum absolute atomic E-state index is 11.0. The molecule has 2 nitrogen and oxygen atoms in total. The zero-order chi connectivity index (χ0) is 18.1. The third kappa shape index (κ3) is 6.74. The van der Waals surface area contributed by atoms with E-state index in [1.807, 2.05) is 24.3 Å². The predicted octanol–water partition coefficient (Wildman–Crippen LogP) is 6.63. The van der Waals surface area contributed by atoms with Gasteiger partial charge in [0.15, 0.2) is 0 Å². The Labute approximate surface area is 170 Å². The largest absolute Gasteiger partial charge is 0.387 e. The number of aliphatic hydroxyl groups is 1. The Bertz CT molecular complexity index is 637. The lowest BCUT2D eigenvalue weighted by molar-refractivity contribution is 0.112. The highest BCUT2D eigenvalue weighted by molar-refractivity contribution is 6.32. The molecule has 1 unspecified atom stereocenters. The van der Waals surface area contributed by atoms with Gasteiger partial charge in [0.05, 0.1) is 6.10 Å². The van der Waals surface area contributed by atoms with E-state index in [2.05, 4.69) is 30.9 Å². The van der Waals surface area contributed by atoms with Crippen molar-refractivity contribution in [3.05, 3.63) is 47.0 Å². The standard InChI is InChI=1S/C22H32ClNO.ClH/c1-3-5-9-15-24(16-10-6-4-2)17-21(25)22-19-12-8-7-11-18(19)13-14-20(22)23;/h7-8,11-14,21,25H,3-6,9-10,15-17H2,1-2H3;1H. The smallest absolute Gasteiger partial charge is 0.0937 e. The molecule has 1 atom stereocenters. The van der Waals surface area contributed by atoms with Gasteiger partial charge in [0.2, 0.25) is 0 Å². The van der Waals surface area contributed by atoms with E-state index in [1.165, 1.54) is 38.5 Å². The van der Waals surface area contributed by atoms with Crippen molar-refractivity contribution in [2.45, 2.75) is 58.5 Å². The van der Waals surface area contributed by atoms with Gasteiger partial charge in [-0.3, -0.25) is 0 Å². The number of hydrogen-bond donors (Lipinski definition) is 1. The first-order chi connectivity index (χ1) is 12.2. The summed E-state index contributed by atoms with van der Waals surface area (Å²) in [5.74, 6) is 0. The average molecular weight is 398 g/mol. The van der Waals surface area contributed by atoms with Crippen LogP contribution in [0.2, 0.25) is 5.02 Å². The van der Waals surface area contributed by atoms with Crippen LogP contribution in [0.1, 0.15) is 64.0 Å². The van der Waals surface area contributed by atoms with Gasteiger partial charge in [-0.2, -0.15) is 0 Å². The molecule has 0 bridgehead atoms. The molecule has 0 radical (unpaired) electrons. The molecule has 0 saturated heterocycles. The lowest BCUT2D eigenvalue weighted by atomic mass is 9.99. The van der Waals surface area contributed by atoms with E-state index in [-0.39, 0.29) is 12.4 Å². The quantitative estimate of drug-likeness (QED) is 0.430. The molecule has 0 aromatic heterocycles. The lowest BCUT2D eigenvalue weighted by Crippen LogP contribution is -2.31. The number of nitrogens with zero attached hydrogens (tertiary/aromatic N) is 1. The van der Waals surface area contributed by atoms with E-state index in [1.54, 1.807) is 0 Å². The Hall–Kier alpha value is -0.800. The van der Waals surface area contributed by atoms with Crippen LogP contribution in [0.15, 0.2) is 36.4 Å². The fraction of sp³-hybridized carbons (Fsp3) is 0.545. The molecule has 0 aliphatic heterocycles. The summed E-state index contributed by atoms with van der Waals surface area (Å²) < 4.78 is 0. The van der Waals surface area contributed by atoms with Gasteiger partial charge in [0.1, 0.15) is 0 Å². The fourth-order valence-electron chi connectivity index (χ4n) is 3.41. The van der Waals surface area contributed by atoms with Gasteiger partial charge in [-0.05, 0) is 42.8 Å². The van der Waals surface area contributed by atoms with Crippen molar-refractivity contribution in [3.63, 3.8) is 0 Å². The fourth-order valence-corrected chi connectivity index (χ4v) is 3.70. The summed E-state index contributed by atoms with van der Waals surface area (Å²) in [6.07, 6.45) is 6.77. The van der Waals surface area contributed by atoms with Crippen LogP contribution in [-0.4, -0.2) is 29.6 Å². The van der Waals surface area contributed by atoms with E-state index in [9.17, 15) is 5.11 Å². The van der Waals surface area contributed by atoms with E-state index < -0.39 is 6.10 Å². The molecule has 0 fully saturated rings. The highest BCUT2D eigenvalue weighted by Gasteiger charge is 2.18. The molecule has 0 saturated carbocycles. The van der Waals surface area contributed by atoms with Crippen LogP contribution in [0, 0.1) is 0 Å². The van der Waals surface area contributed by atoms with Crippen molar-refractivity contribution >= 4 is 34.8 Å². The molecular weight excluding hydrogens is 365 g/mol. The first-order valence-corrected chi connectivity index (χ1v) is 10.1. The Balaban J connectivity index is 0.00000338. The summed E-state index contributed by atoms with van der Waals surface area (Å²) in [5.41, 5.74) is 0.871. The number of rotatable bonds is 11. The van der Waals surface area contributed by atoms with Crippen LogP contribution in [0.5, 0.6) is 0 Å². The summed E-state index contributed by atoms with van der Waals surface area (Å²) in [7, 11) is 0. The molecule has 4 heteroatoms. The van der Waals surface area contributed by atoms with Crippen LogP contribution in [-0.2, 0) is 0 Å². The predicted molar refractivity (Wildman–Crippen MR) is 117 cm³/mol. The Kier molecular flexibility index (Phi) is 11.2. The minimum atomic E-state index is -0.554. The van der Waals surface area contributed by atoms with E-state index in [0.717, 1.165) is 29.4 Å². The molecule has 2 aromatic carbocycles. The maximum Gasteiger partial charge on any atom is 0.0937 e. The molecule has 146 valence electrons. The summed E-state index contributed by atoms with van der Waals surface area (Å²) in [5, 5.41) is 13.8. The third-order valence-corrected chi connectivity index (χ3v) is 5.17. The van der Waals surface area contributed by atoms with Crippen molar-refractivity contribution in [2.75, 3.05) is 19.6 Å². The van der Waals surface area contributed by atoms with Crippen LogP contribution in [0.25, 0.3) is 10.8 Å². The molecule has 2 rings (SSSR count). The molecule has 0 heterocycles. The van der Waals surface area contributed by atoms with Gasteiger partial charge in [0.25, 0.3) is 0 Å². The average Bonchev–Trinajstić information content (AvgIpc) is 2.61. The van der Waals surface area contributed by atoms with E-state index in [4.69, 9.17) is 11.6 Å². The summed E-state index contributed by atoms with van der Waals surface area (Å²) in [6, 6.07) is 12.1. The van der Waals surface area contributed by atoms with Crippen molar-refractivity contribution in [3.8, 4) is 0 Å². The van der Waals surface area contributed by atoms with Gasteiger partial charge in [0, 0.05) is 17.1 Å². The molecule has 2 aromatic rings. The molecule has 0 aliphatic rings. The topological polar surface area (TPSA) is 23.5 Å². The van der Waals surface area contributed by atoms with Crippen LogP contribution >= 0.6 is 24.0 Å². The zero-order valence-electron chi connectivity index (χ0n) is 16.1.